The second-order valence-electron chi connectivity index (χ2n) is 5.28. The van der Waals surface area contributed by atoms with Crippen LogP contribution in [0, 0.1) is 6.92 Å². The van der Waals surface area contributed by atoms with Crippen LogP contribution in [0.4, 0.5) is 16.3 Å². The molecule has 3 rings (SSSR count). The van der Waals surface area contributed by atoms with E-state index in [-0.39, 0.29) is 24.9 Å². The number of fused-ring (bicyclic) bond motifs is 1. The number of hydrogen-bond donors (Lipinski definition) is 2. The molecule has 0 aliphatic carbocycles. The van der Waals surface area contributed by atoms with Gasteiger partial charge in [0.15, 0.2) is 5.82 Å². The van der Waals surface area contributed by atoms with E-state index in [1.807, 2.05) is 0 Å². The lowest BCUT2D eigenvalue weighted by Gasteiger charge is -2.05. The van der Waals surface area contributed by atoms with Crippen molar-refractivity contribution < 1.29 is 14.3 Å². The summed E-state index contributed by atoms with van der Waals surface area (Å²) in [6.07, 6.45) is 0.810. The van der Waals surface area contributed by atoms with E-state index >= 15 is 0 Å². The summed E-state index contributed by atoms with van der Waals surface area (Å²) in [6.45, 7) is 3.61. The van der Waals surface area contributed by atoms with Crippen LogP contribution in [-0.4, -0.2) is 43.2 Å². The van der Waals surface area contributed by atoms with Gasteiger partial charge in [-0.25, -0.2) is 14.5 Å². The average molecular weight is 343 g/mol. The zero-order valence-electron chi connectivity index (χ0n) is 13.8. The molecule has 1 aromatic carbocycles. The number of rotatable bonds is 4. The Morgan fingerprint density at radius 1 is 1.36 bits per heavy atom. The zero-order valence-corrected chi connectivity index (χ0v) is 13.8. The lowest BCUT2D eigenvalue weighted by atomic mass is 10.3. The molecule has 3 aromatic rings. The van der Waals surface area contributed by atoms with E-state index in [0.29, 0.717) is 22.5 Å². The second-order valence-corrected chi connectivity index (χ2v) is 5.28. The monoisotopic (exact) mass is 343 g/mol. The molecule has 10 heteroatoms. The van der Waals surface area contributed by atoms with Crippen molar-refractivity contribution in [3.05, 3.63) is 30.2 Å². The fourth-order valence-corrected chi connectivity index (χ4v) is 2.44. The normalized spacial score (nSPS) is 10.8. The SMILES string of the molecule is CCOC(=O)Nc1cn(CC(=O)n2c(C)nc3ccc(N)cc32)nn1. The third kappa shape index (κ3) is 3.42. The van der Waals surface area contributed by atoms with Crippen molar-refractivity contribution in [2.75, 3.05) is 17.7 Å². The number of nitrogens with two attached hydrogens (primary N) is 1. The fourth-order valence-electron chi connectivity index (χ4n) is 2.44. The molecule has 0 spiro atoms. The third-order valence-corrected chi connectivity index (χ3v) is 3.44. The molecule has 25 heavy (non-hydrogen) atoms. The molecule has 0 bridgehead atoms. The highest BCUT2D eigenvalue weighted by Gasteiger charge is 2.16. The predicted molar refractivity (Wildman–Crippen MR) is 90.2 cm³/mol. The van der Waals surface area contributed by atoms with Crippen molar-refractivity contribution in [1.29, 1.82) is 0 Å². The molecular weight excluding hydrogens is 326 g/mol. The summed E-state index contributed by atoms with van der Waals surface area (Å²) in [5, 5.41) is 10.0. The lowest BCUT2D eigenvalue weighted by molar-refractivity contribution is 0.0888. The number of imidazole rings is 1. The quantitative estimate of drug-likeness (QED) is 0.685. The van der Waals surface area contributed by atoms with Crippen LogP contribution in [-0.2, 0) is 11.3 Å². The number of hydrogen-bond acceptors (Lipinski definition) is 7. The van der Waals surface area contributed by atoms with E-state index < -0.39 is 6.09 Å². The molecule has 0 radical (unpaired) electrons. The average Bonchev–Trinajstić information content (AvgIpc) is 3.10. The number of nitrogens with one attached hydrogen (secondary N) is 1. The number of amides is 1. The highest BCUT2D eigenvalue weighted by molar-refractivity contribution is 5.92. The number of aromatic nitrogens is 5. The fraction of sp³-hybridized carbons (Fsp3) is 0.267. The van der Waals surface area contributed by atoms with Gasteiger partial charge >= 0.3 is 6.09 Å². The molecule has 0 fully saturated rings. The Bertz CT molecular complexity index is 944. The number of carbonyl (C=O) groups excluding carboxylic acids is 2. The zero-order chi connectivity index (χ0) is 18.0. The molecule has 1 amide bonds. The molecule has 2 aromatic heterocycles. The van der Waals surface area contributed by atoms with Crippen LogP contribution in [0.2, 0.25) is 0 Å². The van der Waals surface area contributed by atoms with Crippen LogP contribution in [0.3, 0.4) is 0 Å². The van der Waals surface area contributed by atoms with E-state index in [0.717, 1.165) is 0 Å². The van der Waals surface area contributed by atoms with E-state index in [1.165, 1.54) is 15.4 Å². The van der Waals surface area contributed by atoms with Gasteiger partial charge in [0.05, 0.1) is 23.8 Å². The second kappa shape index (κ2) is 6.59. The molecule has 3 N–H and O–H groups in total. The van der Waals surface area contributed by atoms with Crippen molar-refractivity contribution in [2.45, 2.75) is 20.4 Å². The summed E-state index contributed by atoms with van der Waals surface area (Å²) in [5.74, 6) is 0.497. The smallest absolute Gasteiger partial charge is 0.412 e. The van der Waals surface area contributed by atoms with E-state index in [1.54, 1.807) is 32.0 Å². The molecule has 0 atom stereocenters. The molecule has 130 valence electrons. The molecule has 0 unspecified atom stereocenters. The Morgan fingerprint density at radius 3 is 2.92 bits per heavy atom. The van der Waals surface area contributed by atoms with E-state index in [4.69, 9.17) is 10.5 Å². The molecule has 2 heterocycles. The number of carbonyl (C=O) groups is 2. The number of aryl methyl sites for hydroxylation is 1. The first kappa shape index (κ1) is 16.4. The molecule has 0 aliphatic heterocycles. The minimum Gasteiger partial charge on any atom is -0.450 e. The first-order valence-electron chi connectivity index (χ1n) is 7.59. The van der Waals surface area contributed by atoms with Crippen molar-refractivity contribution in [2.24, 2.45) is 0 Å². The summed E-state index contributed by atoms with van der Waals surface area (Å²) in [4.78, 5) is 28.3. The van der Waals surface area contributed by atoms with Crippen molar-refractivity contribution in [3.8, 4) is 0 Å². The molecular formula is C15H17N7O3. The molecule has 0 saturated heterocycles. The largest absolute Gasteiger partial charge is 0.450 e. The Morgan fingerprint density at radius 2 is 2.16 bits per heavy atom. The topological polar surface area (TPSA) is 130 Å². The van der Waals surface area contributed by atoms with Gasteiger partial charge in [0, 0.05) is 5.69 Å². The van der Waals surface area contributed by atoms with Crippen LogP contribution >= 0.6 is 0 Å². The van der Waals surface area contributed by atoms with Crippen LogP contribution in [0.5, 0.6) is 0 Å². The standard InChI is InChI=1S/C15H17N7O3/c1-3-25-15(24)18-13-7-21(20-19-13)8-14(23)22-9(2)17-11-5-4-10(16)6-12(11)22/h4-7H,3,8,16H2,1-2H3,(H,18,24). The van der Waals surface area contributed by atoms with Gasteiger partial charge < -0.3 is 10.5 Å². The van der Waals surface area contributed by atoms with Crippen LogP contribution < -0.4 is 11.1 Å². The van der Waals surface area contributed by atoms with Crippen LogP contribution in [0.25, 0.3) is 11.0 Å². The summed E-state index contributed by atoms with van der Waals surface area (Å²) in [7, 11) is 0. The summed E-state index contributed by atoms with van der Waals surface area (Å²) in [5.41, 5.74) is 7.66. The number of ether oxygens (including phenoxy) is 1. The first-order chi connectivity index (χ1) is 12.0. The Hall–Kier alpha value is -3.43. The first-order valence-corrected chi connectivity index (χ1v) is 7.59. The third-order valence-electron chi connectivity index (χ3n) is 3.44. The summed E-state index contributed by atoms with van der Waals surface area (Å²) in [6, 6.07) is 5.19. The number of anilines is 2. The molecule has 0 saturated carbocycles. The minimum atomic E-state index is -0.632. The van der Waals surface area contributed by atoms with Gasteiger partial charge in [0.1, 0.15) is 12.4 Å². The maximum absolute atomic E-state index is 12.6. The Balaban J connectivity index is 1.79. The van der Waals surface area contributed by atoms with Crippen molar-refractivity contribution in [3.63, 3.8) is 0 Å². The number of nitrogens with zero attached hydrogens (tertiary/aromatic N) is 5. The van der Waals surface area contributed by atoms with Gasteiger partial charge in [-0.15, -0.1) is 5.10 Å². The maximum Gasteiger partial charge on any atom is 0.412 e. The summed E-state index contributed by atoms with van der Waals surface area (Å²) >= 11 is 0. The highest BCUT2D eigenvalue weighted by Crippen LogP contribution is 2.19. The van der Waals surface area contributed by atoms with Gasteiger partial charge in [-0.2, -0.15) is 0 Å². The molecule has 0 aliphatic rings. The number of benzene rings is 1. The predicted octanol–water partition coefficient (Wildman–Crippen LogP) is 1.43. The van der Waals surface area contributed by atoms with Crippen molar-refractivity contribution in [1.82, 2.24) is 24.5 Å². The van der Waals surface area contributed by atoms with Crippen LogP contribution in [0.15, 0.2) is 24.4 Å². The summed E-state index contributed by atoms with van der Waals surface area (Å²) < 4.78 is 7.55. The van der Waals surface area contributed by atoms with Crippen LogP contribution in [0.1, 0.15) is 17.5 Å². The number of nitrogen functional groups attached to an aromatic ring is 1. The highest BCUT2D eigenvalue weighted by atomic mass is 16.5. The maximum atomic E-state index is 12.6. The van der Waals surface area contributed by atoms with Gasteiger partial charge in [0.2, 0.25) is 0 Å². The molecule has 10 nitrogen and oxygen atoms in total. The minimum absolute atomic E-state index is 0.0708. The van der Waals surface area contributed by atoms with E-state index in [2.05, 4.69) is 20.6 Å². The van der Waals surface area contributed by atoms with Gasteiger partial charge in [-0.1, -0.05) is 5.21 Å². The Kier molecular flexibility index (Phi) is 4.33. The van der Waals surface area contributed by atoms with Crippen molar-refractivity contribution >= 4 is 34.5 Å². The lowest BCUT2D eigenvalue weighted by Crippen LogP contribution is -2.19. The van der Waals surface area contributed by atoms with E-state index in [9.17, 15) is 9.59 Å². The van der Waals surface area contributed by atoms with Gasteiger partial charge in [-0.3, -0.25) is 14.7 Å². The van der Waals surface area contributed by atoms with Gasteiger partial charge in [-0.05, 0) is 32.0 Å². The van der Waals surface area contributed by atoms with Gasteiger partial charge in [0.25, 0.3) is 5.91 Å². The Labute approximate surface area is 142 Å².